The Kier molecular flexibility index (Phi) is 5.93. The molecule has 4 rings (SSSR count). The van der Waals surface area contributed by atoms with Crippen LogP contribution in [0.25, 0.3) is 0 Å². The normalized spacial score (nSPS) is 14.3. The van der Waals surface area contributed by atoms with Gasteiger partial charge in [0, 0.05) is 48.7 Å². The summed E-state index contributed by atoms with van der Waals surface area (Å²) < 4.78 is 0. The van der Waals surface area contributed by atoms with Gasteiger partial charge in [0.1, 0.15) is 0 Å². The number of hydrogen-bond acceptors (Lipinski definition) is 4. The Hall–Kier alpha value is -2.37. The molecular formula is C22H22ClN3OS. The molecule has 1 aliphatic heterocycles. The third kappa shape index (κ3) is 4.72. The molecule has 0 radical (unpaired) electrons. The van der Waals surface area contributed by atoms with Crippen molar-refractivity contribution in [1.82, 2.24) is 9.88 Å². The maximum atomic E-state index is 12.7. The Morgan fingerprint density at radius 1 is 1.00 bits per heavy atom. The van der Waals surface area contributed by atoms with Crippen LogP contribution in [-0.2, 0) is 17.6 Å². The Labute approximate surface area is 174 Å². The fourth-order valence-electron chi connectivity index (χ4n) is 3.41. The number of amides is 1. The van der Waals surface area contributed by atoms with Crippen molar-refractivity contribution in [3.8, 4) is 0 Å². The van der Waals surface area contributed by atoms with Crippen LogP contribution in [0.3, 0.4) is 0 Å². The lowest BCUT2D eigenvalue weighted by atomic mass is 10.2. The summed E-state index contributed by atoms with van der Waals surface area (Å²) in [6.45, 7) is 3.15. The van der Waals surface area contributed by atoms with E-state index in [1.54, 1.807) is 11.3 Å². The first-order valence-electron chi connectivity index (χ1n) is 9.43. The second kappa shape index (κ2) is 8.76. The highest BCUT2D eigenvalue weighted by atomic mass is 35.5. The molecular weight excluding hydrogens is 390 g/mol. The van der Waals surface area contributed by atoms with E-state index < -0.39 is 0 Å². The first-order chi connectivity index (χ1) is 13.7. The Morgan fingerprint density at radius 2 is 1.71 bits per heavy atom. The van der Waals surface area contributed by atoms with Crippen LogP contribution in [-0.4, -0.2) is 42.0 Å². The van der Waals surface area contributed by atoms with E-state index >= 15 is 0 Å². The Balaban J connectivity index is 1.29. The Bertz CT molecular complexity index is 918. The number of benzene rings is 2. The van der Waals surface area contributed by atoms with Gasteiger partial charge in [-0.2, -0.15) is 0 Å². The summed E-state index contributed by atoms with van der Waals surface area (Å²) in [6, 6.07) is 18.2. The Morgan fingerprint density at radius 3 is 2.43 bits per heavy atom. The average Bonchev–Trinajstić information content (AvgIpc) is 3.16. The third-order valence-electron chi connectivity index (χ3n) is 4.95. The van der Waals surface area contributed by atoms with E-state index in [-0.39, 0.29) is 5.91 Å². The molecule has 2 heterocycles. The molecule has 144 valence electrons. The van der Waals surface area contributed by atoms with E-state index in [4.69, 9.17) is 11.6 Å². The SMILES string of the molecule is O=C(Cc1csc(Cc2ccccc2)n1)N1CCN(c2ccc(Cl)cc2)CC1. The summed E-state index contributed by atoms with van der Waals surface area (Å²) in [4.78, 5) is 21.6. The number of aromatic nitrogens is 1. The third-order valence-corrected chi connectivity index (χ3v) is 6.10. The average molecular weight is 412 g/mol. The molecule has 28 heavy (non-hydrogen) atoms. The van der Waals surface area contributed by atoms with E-state index in [9.17, 15) is 4.79 Å². The van der Waals surface area contributed by atoms with Crippen LogP contribution in [0.5, 0.6) is 0 Å². The number of rotatable bonds is 5. The van der Waals surface area contributed by atoms with Gasteiger partial charge in [-0.15, -0.1) is 11.3 Å². The molecule has 0 atom stereocenters. The lowest BCUT2D eigenvalue weighted by Crippen LogP contribution is -2.49. The first-order valence-corrected chi connectivity index (χ1v) is 10.7. The van der Waals surface area contributed by atoms with Gasteiger partial charge < -0.3 is 9.80 Å². The number of halogens is 1. The second-order valence-electron chi connectivity index (χ2n) is 6.92. The highest BCUT2D eigenvalue weighted by Gasteiger charge is 2.22. The van der Waals surface area contributed by atoms with Crippen molar-refractivity contribution in [3.63, 3.8) is 0 Å². The molecule has 0 spiro atoms. The first kappa shape index (κ1) is 19.0. The van der Waals surface area contributed by atoms with E-state index in [0.717, 1.165) is 54.0 Å². The van der Waals surface area contributed by atoms with Crippen molar-refractivity contribution in [3.05, 3.63) is 81.3 Å². The maximum Gasteiger partial charge on any atom is 0.228 e. The fraction of sp³-hybridized carbons (Fsp3) is 0.273. The summed E-state index contributed by atoms with van der Waals surface area (Å²) in [7, 11) is 0. The predicted octanol–water partition coefficient (Wildman–Crippen LogP) is 4.28. The highest BCUT2D eigenvalue weighted by molar-refractivity contribution is 7.09. The van der Waals surface area contributed by atoms with Gasteiger partial charge in [0.15, 0.2) is 0 Å². The van der Waals surface area contributed by atoms with E-state index in [1.807, 2.05) is 52.7 Å². The molecule has 1 fully saturated rings. The zero-order valence-electron chi connectivity index (χ0n) is 15.6. The van der Waals surface area contributed by atoms with Gasteiger partial charge >= 0.3 is 0 Å². The van der Waals surface area contributed by atoms with Crippen molar-refractivity contribution < 1.29 is 4.79 Å². The van der Waals surface area contributed by atoms with Crippen LogP contribution in [0.4, 0.5) is 5.69 Å². The van der Waals surface area contributed by atoms with Crippen LogP contribution >= 0.6 is 22.9 Å². The largest absolute Gasteiger partial charge is 0.368 e. The van der Waals surface area contributed by atoms with Crippen LogP contribution in [0, 0.1) is 0 Å². The summed E-state index contributed by atoms with van der Waals surface area (Å²) in [5, 5.41) is 3.81. The molecule has 0 aliphatic carbocycles. The zero-order chi connectivity index (χ0) is 19.3. The predicted molar refractivity (Wildman–Crippen MR) is 115 cm³/mol. The van der Waals surface area contributed by atoms with Gasteiger partial charge in [-0.25, -0.2) is 4.98 Å². The van der Waals surface area contributed by atoms with Crippen LogP contribution in [0.15, 0.2) is 60.0 Å². The minimum atomic E-state index is 0.160. The number of anilines is 1. The number of hydrogen-bond donors (Lipinski definition) is 0. The van der Waals surface area contributed by atoms with Crippen LogP contribution < -0.4 is 4.90 Å². The van der Waals surface area contributed by atoms with Crippen molar-refractivity contribution in [2.45, 2.75) is 12.8 Å². The number of thiazole rings is 1. The second-order valence-corrected chi connectivity index (χ2v) is 8.30. The van der Waals surface area contributed by atoms with Crippen molar-refractivity contribution >= 4 is 34.5 Å². The summed E-state index contributed by atoms with van der Waals surface area (Å²) in [5.41, 5.74) is 3.27. The summed E-state index contributed by atoms with van der Waals surface area (Å²) in [5.74, 6) is 0.160. The molecule has 1 amide bonds. The minimum absolute atomic E-state index is 0.160. The molecule has 1 aliphatic rings. The van der Waals surface area contributed by atoms with Gasteiger partial charge in [-0.05, 0) is 29.8 Å². The zero-order valence-corrected chi connectivity index (χ0v) is 17.1. The van der Waals surface area contributed by atoms with E-state index in [1.165, 1.54) is 5.56 Å². The van der Waals surface area contributed by atoms with Gasteiger partial charge in [0.25, 0.3) is 0 Å². The highest BCUT2D eigenvalue weighted by Crippen LogP contribution is 2.20. The minimum Gasteiger partial charge on any atom is -0.368 e. The van der Waals surface area contributed by atoms with Crippen LogP contribution in [0.1, 0.15) is 16.3 Å². The van der Waals surface area contributed by atoms with Gasteiger partial charge in [-0.1, -0.05) is 41.9 Å². The lowest BCUT2D eigenvalue weighted by molar-refractivity contribution is -0.130. The van der Waals surface area contributed by atoms with Crippen molar-refractivity contribution in [1.29, 1.82) is 0 Å². The fourth-order valence-corrected chi connectivity index (χ4v) is 4.37. The van der Waals surface area contributed by atoms with Crippen molar-refractivity contribution in [2.24, 2.45) is 0 Å². The molecule has 4 nitrogen and oxygen atoms in total. The standard InChI is InChI=1S/C22H22ClN3OS/c23-18-6-8-20(9-7-18)25-10-12-26(13-11-25)22(27)15-19-16-28-21(24-19)14-17-4-2-1-3-5-17/h1-9,16H,10-15H2. The van der Waals surface area contributed by atoms with Crippen LogP contribution in [0.2, 0.25) is 5.02 Å². The topological polar surface area (TPSA) is 36.4 Å². The maximum absolute atomic E-state index is 12.7. The smallest absolute Gasteiger partial charge is 0.228 e. The molecule has 0 saturated carbocycles. The molecule has 0 N–H and O–H groups in total. The molecule has 2 aromatic carbocycles. The van der Waals surface area contributed by atoms with Gasteiger partial charge in [0.2, 0.25) is 5.91 Å². The van der Waals surface area contributed by atoms with Gasteiger partial charge in [-0.3, -0.25) is 4.79 Å². The monoisotopic (exact) mass is 411 g/mol. The van der Waals surface area contributed by atoms with Gasteiger partial charge in [0.05, 0.1) is 17.1 Å². The quantitative estimate of drug-likeness (QED) is 0.628. The number of piperazine rings is 1. The summed E-state index contributed by atoms with van der Waals surface area (Å²) >= 11 is 7.59. The molecule has 1 aromatic heterocycles. The number of carbonyl (C=O) groups is 1. The number of nitrogens with zero attached hydrogens (tertiary/aromatic N) is 3. The molecule has 3 aromatic rings. The number of carbonyl (C=O) groups excluding carboxylic acids is 1. The molecule has 0 bridgehead atoms. The molecule has 6 heteroatoms. The van der Waals surface area contributed by atoms with E-state index in [2.05, 4.69) is 22.0 Å². The van der Waals surface area contributed by atoms with E-state index in [0.29, 0.717) is 6.42 Å². The van der Waals surface area contributed by atoms with Crippen molar-refractivity contribution in [2.75, 3.05) is 31.1 Å². The molecule has 0 unspecified atom stereocenters. The molecule has 1 saturated heterocycles. The lowest BCUT2D eigenvalue weighted by Gasteiger charge is -2.36. The summed E-state index contributed by atoms with van der Waals surface area (Å²) in [6.07, 6.45) is 1.20.